The zero-order valence-electron chi connectivity index (χ0n) is 10.5. The molecule has 0 amide bonds. The van der Waals surface area contributed by atoms with Gasteiger partial charge >= 0.3 is 0 Å². The largest absolute Gasteiger partial charge is 0.289 e. The van der Waals surface area contributed by atoms with Crippen LogP contribution in [0.25, 0.3) is 0 Å². The van der Waals surface area contributed by atoms with E-state index in [-0.39, 0.29) is 16.7 Å². The molecule has 0 aliphatic carbocycles. The molecule has 2 aromatic carbocycles. The van der Waals surface area contributed by atoms with Gasteiger partial charge in [-0.2, -0.15) is 0 Å². The van der Waals surface area contributed by atoms with Crippen molar-refractivity contribution in [2.24, 2.45) is 0 Å². The molecule has 0 aliphatic rings. The van der Waals surface area contributed by atoms with Crippen molar-refractivity contribution in [1.82, 2.24) is 0 Å². The fourth-order valence-electron chi connectivity index (χ4n) is 1.84. The number of carbonyl (C=O) groups excluding carboxylic acids is 1. The average Bonchev–Trinajstić information content (AvgIpc) is 2.40. The van der Waals surface area contributed by atoms with Gasteiger partial charge in [-0.3, -0.25) is 4.79 Å². The third-order valence-corrected chi connectivity index (χ3v) is 4.31. The molecular formula is C16H17OS+. The standard InChI is InChI=1S/C16H17OS/c1-18(12-14-8-4-2-5-9-14)13-16(17)15-10-6-3-7-11-15/h2-11H,12-13H2,1H3/q+1. The van der Waals surface area contributed by atoms with Crippen LogP contribution in [0.4, 0.5) is 0 Å². The van der Waals surface area contributed by atoms with Gasteiger partial charge in [-0.1, -0.05) is 60.7 Å². The Morgan fingerprint density at radius 2 is 1.50 bits per heavy atom. The third kappa shape index (κ3) is 3.74. The average molecular weight is 257 g/mol. The Bertz CT molecular complexity index is 493. The fraction of sp³-hybridized carbons (Fsp3) is 0.188. The Labute approximate surface area is 111 Å². The van der Waals surface area contributed by atoms with E-state index < -0.39 is 0 Å². The molecule has 18 heavy (non-hydrogen) atoms. The normalized spacial score (nSPS) is 12.1. The second-order valence-electron chi connectivity index (χ2n) is 4.34. The van der Waals surface area contributed by atoms with Crippen molar-refractivity contribution < 1.29 is 4.79 Å². The summed E-state index contributed by atoms with van der Waals surface area (Å²) in [5.41, 5.74) is 2.13. The molecular weight excluding hydrogens is 240 g/mol. The molecule has 0 spiro atoms. The molecule has 1 nitrogen and oxygen atoms in total. The summed E-state index contributed by atoms with van der Waals surface area (Å²) in [6.07, 6.45) is 2.16. The number of Topliss-reactive ketones (excluding diaryl/α,β-unsaturated/α-hetero) is 1. The van der Waals surface area contributed by atoms with Gasteiger partial charge in [-0.05, 0) is 10.9 Å². The van der Waals surface area contributed by atoms with E-state index in [4.69, 9.17) is 0 Å². The first-order chi connectivity index (χ1) is 8.75. The van der Waals surface area contributed by atoms with Crippen LogP contribution in [0.5, 0.6) is 0 Å². The van der Waals surface area contributed by atoms with Gasteiger partial charge in [0.15, 0.2) is 5.75 Å². The lowest BCUT2D eigenvalue weighted by atomic mass is 10.2. The van der Waals surface area contributed by atoms with Crippen molar-refractivity contribution in [2.45, 2.75) is 5.75 Å². The summed E-state index contributed by atoms with van der Waals surface area (Å²) in [7, 11) is 0.0989. The topological polar surface area (TPSA) is 17.1 Å². The molecule has 0 aromatic heterocycles. The number of hydrogen-bond acceptors (Lipinski definition) is 1. The summed E-state index contributed by atoms with van der Waals surface area (Å²) in [6, 6.07) is 19.9. The lowest BCUT2D eigenvalue weighted by Crippen LogP contribution is -2.17. The number of rotatable bonds is 5. The molecule has 0 radical (unpaired) electrons. The Balaban J connectivity index is 1.92. The zero-order valence-corrected chi connectivity index (χ0v) is 11.3. The summed E-state index contributed by atoms with van der Waals surface area (Å²) in [4.78, 5) is 12.1. The summed E-state index contributed by atoms with van der Waals surface area (Å²) in [5, 5.41) is 0. The molecule has 2 aromatic rings. The number of ketones is 1. The van der Waals surface area contributed by atoms with Gasteiger partial charge in [0.1, 0.15) is 5.75 Å². The molecule has 1 unspecified atom stereocenters. The van der Waals surface area contributed by atoms with Crippen LogP contribution in [0.1, 0.15) is 15.9 Å². The molecule has 0 fully saturated rings. The Morgan fingerprint density at radius 1 is 0.944 bits per heavy atom. The number of hydrogen-bond donors (Lipinski definition) is 0. The predicted molar refractivity (Wildman–Crippen MR) is 79.1 cm³/mol. The van der Waals surface area contributed by atoms with E-state index in [1.807, 2.05) is 48.5 Å². The van der Waals surface area contributed by atoms with Crippen molar-refractivity contribution in [3.05, 3.63) is 71.8 Å². The molecule has 0 N–H and O–H groups in total. The third-order valence-electron chi connectivity index (χ3n) is 2.73. The summed E-state index contributed by atoms with van der Waals surface area (Å²) < 4.78 is 0. The minimum Gasteiger partial charge on any atom is -0.289 e. The second kappa shape index (κ2) is 6.41. The summed E-state index contributed by atoms with van der Waals surface area (Å²) in [6.45, 7) is 0. The molecule has 92 valence electrons. The van der Waals surface area contributed by atoms with E-state index in [9.17, 15) is 4.79 Å². The van der Waals surface area contributed by atoms with E-state index in [1.165, 1.54) is 5.56 Å². The monoisotopic (exact) mass is 257 g/mol. The van der Waals surface area contributed by atoms with Crippen molar-refractivity contribution in [3.8, 4) is 0 Å². The highest BCUT2D eigenvalue weighted by atomic mass is 32.2. The fourth-order valence-corrected chi connectivity index (χ4v) is 3.32. The minimum atomic E-state index is 0.0989. The molecule has 0 saturated carbocycles. The van der Waals surface area contributed by atoms with Crippen molar-refractivity contribution in [3.63, 3.8) is 0 Å². The Kier molecular flexibility index (Phi) is 4.59. The number of benzene rings is 2. The van der Waals surface area contributed by atoms with E-state index in [1.54, 1.807) is 0 Å². The maximum absolute atomic E-state index is 12.1. The molecule has 2 rings (SSSR count). The molecule has 2 heteroatoms. The van der Waals surface area contributed by atoms with E-state index in [0.717, 1.165) is 11.3 Å². The van der Waals surface area contributed by atoms with Crippen LogP contribution in [0.2, 0.25) is 0 Å². The van der Waals surface area contributed by atoms with Gasteiger partial charge in [0, 0.05) is 11.1 Å². The quantitative estimate of drug-likeness (QED) is 0.593. The van der Waals surface area contributed by atoms with Gasteiger partial charge in [0.05, 0.1) is 6.26 Å². The second-order valence-corrected chi connectivity index (χ2v) is 6.49. The molecule has 0 saturated heterocycles. The van der Waals surface area contributed by atoms with Crippen LogP contribution >= 0.6 is 0 Å². The molecule has 0 heterocycles. The van der Waals surface area contributed by atoms with Gasteiger partial charge in [-0.25, -0.2) is 0 Å². The van der Waals surface area contributed by atoms with Gasteiger partial charge < -0.3 is 0 Å². The van der Waals surface area contributed by atoms with Crippen LogP contribution in [0, 0.1) is 0 Å². The van der Waals surface area contributed by atoms with Gasteiger partial charge in [0.25, 0.3) is 0 Å². The van der Waals surface area contributed by atoms with Crippen LogP contribution in [-0.4, -0.2) is 17.8 Å². The maximum Gasteiger partial charge on any atom is 0.211 e. The first-order valence-corrected chi connectivity index (χ1v) is 7.94. The van der Waals surface area contributed by atoms with Gasteiger partial charge in [-0.15, -0.1) is 0 Å². The highest BCUT2D eigenvalue weighted by Gasteiger charge is 2.18. The molecule has 0 aliphatic heterocycles. The minimum absolute atomic E-state index is 0.0989. The first kappa shape index (κ1) is 12.9. The SMILES string of the molecule is C[S+](CC(=O)c1ccccc1)Cc1ccccc1. The lowest BCUT2D eigenvalue weighted by Gasteiger charge is -2.03. The smallest absolute Gasteiger partial charge is 0.211 e. The zero-order chi connectivity index (χ0) is 12.8. The van der Waals surface area contributed by atoms with Crippen molar-refractivity contribution in [2.75, 3.05) is 12.0 Å². The van der Waals surface area contributed by atoms with E-state index in [2.05, 4.69) is 18.4 Å². The summed E-state index contributed by atoms with van der Waals surface area (Å²) in [5.74, 6) is 1.87. The van der Waals surface area contributed by atoms with Crippen LogP contribution in [0.3, 0.4) is 0 Å². The van der Waals surface area contributed by atoms with Gasteiger partial charge in [0.2, 0.25) is 5.78 Å². The number of carbonyl (C=O) groups is 1. The Morgan fingerprint density at radius 3 is 2.11 bits per heavy atom. The predicted octanol–water partition coefficient (Wildman–Crippen LogP) is 3.32. The molecule has 0 bridgehead atoms. The maximum atomic E-state index is 12.1. The van der Waals surface area contributed by atoms with E-state index >= 15 is 0 Å². The van der Waals surface area contributed by atoms with Crippen molar-refractivity contribution >= 4 is 16.7 Å². The molecule has 1 atom stereocenters. The van der Waals surface area contributed by atoms with Crippen LogP contribution < -0.4 is 0 Å². The van der Waals surface area contributed by atoms with Crippen LogP contribution in [-0.2, 0) is 16.6 Å². The van der Waals surface area contributed by atoms with Crippen molar-refractivity contribution in [1.29, 1.82) is 0 Å². The van der Waals surface area contributed by atoms with Crippen LogP contribution in [0.15, 0.2) is 60.7 Å². The first-order valence-electron chi connectivity index (χ1n) is 5.97. The lowest BCUT2D eigenvalue weighted by molar-refractivity contribution is 0.102. The summed E-state index contributed by atoms with van der Waals surface area (Å²) >= 11 is 0. The highest BCUT2D eigenvalue weighted by Crippen LogP contribution is 2.09. The highest BCUT2D eigenvalue weighted by molar-refractivity contribution is 7.96. The Hall–Kier alpha value is -1.54. The van der Waals surface area contributed by atoms with E-state index in [0.29, 0.717) is 5.75 Å².